The number of nitrogens with two attached hydrogens (primary N) is 2. The van der Waals surface area contributed by atoms with Crippen molar-refractivity contribution in [1.29, 1.82) is 0 Å². The van der Waals surface area contributed by atoms with Crippen molar-refractivity contribution in [2.24, 2.45) is 0 Å². The van der Waals surface area contributed by atoms with Gasteiger partial charge in [-0.3, -0.25) is 0 Å². The summed E-state index contributed by atoms with van der Waals surface area (Å²) < 4.78 is 6.18. The molecule has 7 rings (SSSR count). The maximum absolute atomic E-state index is 6.75. The highest BCUT2D eigenvalue weighted by Crippen LogP contribution is 2.42. The standard InChI is InChI=1S/C39H33N5O/c40-37-32(31(27-15-5-1-6-16-27)26-36-42-33-23-13-14-24-34(33)45-36)25-35(43-38(37)41)44-39(28-17-7-2-8-18-28,29-19-9-3-10-20-29)30-21-11-4-12-22-30/h1-25,31H,26,40H2,(H3,41,43,44). The van der Waals surface area contributed by atoms with Crippen molar-refractivity contribution >= 4 is 28.4 Å². The monoisotopic (exact) mass is 587 g/mol. The van der Waals surface area contributed by atoms with Crippen LogP contribution < -0.4 is 16.8 Å². The van der Waals surface area contributed by atoms with Crippen LogP contribution in [0.2, 0.25) is 0 Å². The predicted molar refractivity (Wildman–Crippen MR) is 182 cm³/mol. The summed E-state index contributed by atoms with van der Waals surface area (Å²) in [5.41, 5.74) is 19.7. The van der Waals surface area contributed by atoms with Crippen molar-refractivity contribution < 1.29 is 4.42 Å². The van der Waals surface area contributed by atoms with Crippen molar-refractivity contribution in [2.45, 2.75) is 17.9 Å². The normalized spacial score (nSPS) is 12.2. The number of benzene rings is 5. The molecule has 0 saturated heterocycles. The van der Waals surface area contributed by atoms with Gasteiger partial charge in [0.15, 0.2) is 11.5 Å². The van der Waals surface area contributed by atoms with Gasteiger partial charge < -0.3 is 21.2 Å². The molecular formula is C39H33N5O. The van der Waals surface area contributed by atoms with Crippen LogP contribution in [0.4, 0.5) is 17.3 Å². The Labute approximate surface area is 262 Å². The van der Waals surface area contributed by atoms with Gasteiger partial charge in [0.05, 0.1) is 5.69 Å². The molecule has 0 aliphatic rings. The van der Waals surface area contributed by atoms with Crippen molar-refractivity contribution in [3.8, 4) is 0 Å². The number of oxazole rings is 1. The van der Waals surface area contributed by atoms with E-state index in [1.807, 2.05) is 66.7 Å². The van der Waals surface area contributed by atoms with Gasteiger partial charge in [0.2, 0.25) is 0 Å². The van der Waals surface area contributed by atoms with Crippen LogP contribution in [0.1, 0.15) is 39.6 Å². The summed E-state index contributed by atoms with van der Waals surface area (Å²) in [7, 11) is 0. The fourth-order valence-electron chi connectivity index (χ4n) is 6.20. The minimum Gasteiger partial charge on any atom is -0.441 e. The molecular weight excluding hydrogens is 554 g/mol. The molecule has 0 bridgehead atoms. The van der Waals surface area contributed by atoms with Gasteiger partial charge in [-0.25, -0.2) is 9.97 Å². The number of nitrogens with zero attached hydrogens (tertiary/aromatic N) is 2. The molecule has 0 amide bonds. The first kappa shape index (κ1) is 27.9. The first-order valence-corrected chi connectivity index (χ1v) is 15.0. The largest absolute Gasteiger partial charge is 0.441 e. The van der Waals surface area contributed by atoms with E-state index in [1.165, 1.54) is 0 Å². The first-order valence-electron chi connectivity index (χ1n) is 15.0. The lowest BCUT2D eigenvalue weighted by atomic mass is 9.77. The van der Waals surface area contributed by atoms with Gasteiger partial charge in [-0.1, -0.05) is 133 Å². The van der Waals surface area contributed by atoms with Crippen LogP contribution in [0.3, 0.4) is 0 Å². The first-order chi connectivity index (χ1) is 22.1. The highest BCUT2D eigenvalue weighted by Gasteiger charge is 2.37. The molecule has 2 heterocycles. The van der Waals surface area contributed by atoms with Gasteiger partial charge in [-0.05, 0) is 46.0 Å². The summed E-state index contributed by atoms with van der Waals surface area (Å²) in [4.78, 5) is 9.60. The van der Waals surface area contributed by atoms with Gasteiger partial charge in [-0.15, -0.1) is 0 Å². The molecule has 45 heavy (non-hydrogen) atoms. The summed E-state index contributed by atoms with van der Waals surface area (Å²) in [5, 5.41) is 3.86. The third kappa shape index (κ3) is 5.38. The third-order valence-corrected chi connectivity index (χ3v) is 8.35. The number of fused-ring (bicyclic) bond motifs is 1. The van der Waals surface area contributed by atoms with Crippen LogP contribution in [0.25, 0.3) is 11.1 Å². The Balaban J connectivity index is 1.40. The Kier molecular flexibility index (Phi) is 7.46. The molecule has 6 nitrogen and oxygen atoms in total. The Morgan fingerprint density at radius 1 is 0.622 bits per heavy atom. The number of hydrogen-bond acceptors (Lipinski definition) is 6. The fourth-order valence-corrected chi connectivity index (χ4v) is 6.20. The summed E-state index contributed by atoms with van der Waals surface area (Å²) in [6.07, 6.45) is 0.493. The molecule has 0 aliphatic heterocycles. The lowest BCUT2D eigenvalue weighted by molar-refractivity contribution is 0.515. The van der Waals surface area contributed by atoms with E-state index in [4.69, 9.17) is 25.9 Å². The van der Waals surface area contributed by atoms with Gasteiger partial charge in [0, 0.05) is 12.3 Å². The van der Waals surface area contributed by atoms with Crippen LogP contribution in [0.5, 0.6) is 0 Å². The number of para-hydroxylation sites is 2. The zero-order valence-corrected chi connectivity index (χ0v) is 24.7. The molecule has 0 radical (unpaired) electrons. The quantitative estimate of drug-likeness (QED) is 0.147. The average Bonchev–Trinajstić information content (AvgIpc) is 3.52. The summed E-state index contributed by atoms with van der Waals surface area (Å²) in [5.74, 6) is 1.30. The minimum atomic E-state index is -0.779. The van der Waals surface area contributed by atoms with E-state index in [0.29, 0.717) is 23.8 Å². The minimum absolute atomic E-state index is 0.190. The van der Waals surface area contributed by atoms with Crippen LogP contribution in [0.15, 0.2) is 156 Å². The fraction of sp³-hybridized carbons (Fsp3) is 0.0769. The van der Waals surface area contributed by atoms with Crippen LogP contribution >= 0.6 is 0 Å². The SMILES string of the molecule is Nc1nc(NC(c2ccccc2)(c2ccccc2)c2ccccc2)cc(C(Cc2nc3ccccc3o2)c2ccccc2)c1N. The second kappa shape index (κ2) is 12.0. The summed E-state index contributed by atoms with van der Waals surface area (Å²) in [6, 6.07) is 51.3. The van der Waals surface area contributed by atoms with Crippen molar-refractivity contribution in [3.63, 3.8) is 0 Å². The van der Waals surface area contributed by atoms with Crippen molar-refractivity contribution in [2.75, 3.05) is 16.8 Å². The zero-order chi connectivity index (χ0) is 30.6. The lowest BCUT2D eigenvalue weighted by Crippen LogP contribution is -2.38. The molecule has 0 saturated carbocycles. The molecule has 1 unspecified atom stereocenters. The van der Waals surface area contributed by atoms with Crippen LogP contribution in [-0.2, 0) is 12.0 Å². The van der Waals surface area contributed by atoms with Gasteiger partial charge >= 0.3 is 0 Å². The molecule has 0 aliphatic carbocycles. The summed E-state index contributed by atoms with van der Waals surface area (Å²) in [6.45, 7) is 0. The molecule has 6 heteroatoms. The molecule has 7 aromatic rings. The van der Waals surface area contributed by atoms with E-state index < -0.39 is 5.54 Å². The van der Waals surface area contributed by atoms with Crippen molar-refractivity contribution in [1.82, 2.24) is 9.97 Å². The van der Waals surface area contributed by atoms with Crippen molar-refractivity contribution in [3.05, 3.63) is 185 Å². The number of anilines is 3. The molecule has 5 aromatic carbocycles. The molecule has 1 atom stereocenters. The molecule has 0 fully saturated rings. The highest BCUT2D eigenvalue weighted by atomic mass is 16.3. The Hall–Kier alpha value is -5.88. The number of hydrogen-bond donors (Lipinski definition) is 3. The topological polar surface area (TPSA) is 103 Å². The second-order valence-corrected chi connectivity index (χ2v) is 11.1. The third-order valence-electron chi connectivity index (χ3n) is 8.35. The zero-order valence-electron chi connectivity index (χ0n) is 24.7. The molecule has 220 valence electrons. The molecule has 0 spiro atoms. The Bertz CT molecular complexity index is 1900. The number of nitrogens with one attached hydrogen (secondary N) is 1. The highest BCUT2D eigenvalue weighted by molar-refractivity contribution is 5.73. The van der Waals surface area contributed by atoms with E-state index in [0.717, 1.165) is 38.9 Å². The van der Waals surface area contributed by atoms with Gasteiger partial charge in [-0.2, -0.15) is 0 Å². The van der Waals surface area contributed by atoms with E-state index in [1.54, 1.807) is 0 Å². The maximum Gasteiger partial charge on any atom is 0.196 e. The summed E-state index contributed by atoms with van der Waals surface area (Å²) >= 11 is 0. The molecule has 2 aromatic heterocycles. The van der Waals surface area contributed by atoms with Crippen LogP contribution in [0, 0.1) is 0 Å². The Morgan fingerprint density at radius 3 is 1.69 bits per heavy atom. The number of rotatable bonds is 9. The maximum atomic E-state index is 6.75. The smallest absolute Gasteiger partial charge is 0.196 e. The average molecular weight is 588 g/mol. The van der Waals surface area contributed by atoms with Gasteiger partial charge in [0.25, 0.3) is 0 Å². The lowest BCUT2D eigenvalue weighted by Gasteiger charge is -2.37. The van der Waals surface area contributed by atoms with Crippen LogP contribution in [-0.4, -0.2) is 9.97 Å². The van der Waals surface area contributed by atoms with E-state index in [2.05, 4.69) is 90.2 Å². The van der Waals surface area contributed by atoms with E-state index >= 15 is 0 Å². The Morgan fingerprint density at radius 2 is 1.13 bits per heavy atom. The number of pyridine rings is 1. The number of nitrogen functional groups attached to an aromatic ring is 2. The van der Waals surface area contributed by atoms with Gasteiger partial charge in [0.1, 0.15) is 22.7 Å². The molecule has 5 N–H and O–H groups in total. The predicted octanol–water partition coefficient (Wildman–Crippen LogP) is 8.17. The van der Waals surface area contributed by atoms with E-state index in [-0.39, 0.29) is 11.7 Å². The second-order valence-electron chi connectivity index (χ2n) is 11.1. The van der Waals surface area contributed by atoms with E-state index in [9.17, 15) is 0 Å². The number of aromatic nitrogens is 2.